The van der Waals surface area contributed by atoms with Gasteiger partial charge in [0.15, 0.2) is 0 Å². The lowest BCUT2D eigenvalue weighted by Gasteiger charge is -2.11. The van der Waals surface area contributed by atoms with E-state index in [2.05, 4.69) is 21.2 Å². The number of amides is 1. The Balaban J connectivity index is 2.29. The molecule has 0 aromatic heterocycles. The average molecular weight is 383 g/mol. The van der Waals surface area contributed by atoms with E-state index in [1.165, 1.54) is 0 Å². The van der Waals surface area contributed by atoms with Crippen molar-refractivity contribution < 1.29 is 14.3 Å². The quantitative estimate of drug-likeness (QED) is 0.790. The normalized spacial score (nSPS) is 10.1. The van der Waals surface area contributed by atoms with E-state index in [0.29, 0.717) is 21.8 Å². The lowest BCUT2D eigenvalue weighted by molar-refractivity contribution is 0.0527. The minimum absolute atomic E-state index is 0.262. The molecule has 2 aromatic rings. The molecule has 0 unspecified atom stereocenters. The first-order valence-corrected chi connectivity index (χ1v) is 7.72. The average Bonchev–Trinajstić information content (AvgIpc) is 2.50. The van der Waals surface area contributed by atoms with E-state index in [1.807, 2.05) is 0 Å². The van der Waals surface area contributed by atoms with Crippen LogP contribution in [0.25, 0.3) is 0 Å². The van der Waals surface area contributed by atoms with Gasteiger partial charge < -0.3 is 10.1 Å². The standard InChI is InChI=1S/C16H13BrClNO3/c1-2-22-16(21)11-5-3-4-6-14(11)19-15(20)12-9-10(17)7-8-13(12)18/h3-9H,2H2,1H3,(H,19,20). The fraction of sp³-hybridized carbons (Fsp3) is 0.125. The molecule has 0 heterocycles. The van der Waals surface area contributed by atoms with E-state index in [1.54, 1.807) is 49.4 Å². The molecule has 2 aromatic carbocycles. The van der Waals surface area contributed by atoms with Crippen molar-refractivity contribution in [3.05, 3.63) is 63.1 Å². The van der Waals surface area contributed by atoms with Crippen LogP contribution in [-0.2, 0) is 4.74 Å². The Morgan fingerprint density at radius 1 is 1.18 bits per heavy atom. The number of hydrogen-bond donors (Lipinski definition) is 1. The second-order valence-corrected chi connectivity index (χ2v) is 5.67. The van der Waals surface area contributed by atoms with Crippen LogP contribution < -0.4 is 5.32 Å². The third kappa shape index (κ3) is 3.87. The Hall–Kier alpha value is -1.85. The maximum atomic E-state index is 12.4. The van der Waals surface area contributed by atoms with Gasteiger partial charge in [-0.3, -0.25) is 4.79 Å². The first kappa shape index (κ1) is 16.5. The third-order valence-corrected chi connectivity index (χ3v) is 3.67. The van der Waals surface area contributed by atoms with Gasteiger partial charge in [-0.2, -0.15) is 0 Å². The van der Waals surface area contributed by atoms with Crippen LogP contribution >= 0.6 is 27.5 Å². The third-order valence-electron chi connectivity index (χ3n) is 2.84. The Bertz CT molecular complexity index is 718. The summed E-state index contributed by atoms with van der Waals surface area (Å²) < 4.78 is 5.71. The van der Waals surface area contributed by atoms with Gasteiger partial charge in [0, 0.05) is 4.47 Å². The van der Waals surface area contributed by atoms with Gasteiger partial charge in [0.1, 0.15) is 0 Å². The number of hydrogen-bond acceptors (Lipinski definition) is 3. The predicted octanol–water partition coefficient (Wildman–Crippen LogP) is 4.53. The van der Waals surface area contributed by atoms with Crippen molar-refractivity contribution in [2.75, 3.05) is 11.9 Å². The molecule has 114 valence electrons. The Morgan fingerprint density at radius 2 is 1.91 bits per heavy atom. The van der Waals surface area contributed by atoms with Crippen LogP contribution in [0.5, 0.6) is 0 Å². The van der Waals surface area contributed by atoms with Crippen molar-refractivity contribution in [2.24, 2.45) is 0 Å². The molecule has 6 heteroatoms. The molecule has 0 aliphatic heterocycles. The largest absolute Gasteiger partial charge is 0.462 e. The summed E-state index contributed by atoms with van der Waals surface area (Å²) in [6.45, 7) is 1.99. The summed E-state index contributed by atoms with van der Waals surface area (Å²) in [5.74, 6) is -0.887. The van der Waals surface area contributed by atoms with Crippen LogP contribution in [0.3, 0.4) is 0 Å². The highest BCUT2D eigenvalue weighted by Gasteiger charge is 2.16. The predicted molar refractivity (Wildman–Crippen MR) is 89.5 cm³/mol. The molecule has 0 fully saturated rings. The highest BCUT2D eigenvalue weighted by atomic mass is 79.9. The number of rotatable bonds is 4. The SMILES string of the molecule is CCOC(=O)c1ccccc1NC(=O)c1cc(Br)ccc1Cl. The minimum atomic E-state index is -0.487. The fourth-order valence-corrected chi connectivity index (χ4v) is 2.40. The van der Waals surface area contributed by atoms with Gasteiger partial charge in [0.05, 0.1) is 28.4 Å². The van der Waals surface area contributed by atoms with Crippen molar-refractivity contribution in [3.63, 3.8) is 0 Å². The number of benzene rings is 2. The lowest BCUT2D eigenvalue weighted by atomic mass is 10.1. The number of esters is 1. The zero-order valence-corrected chi connectivity index (χ0v) is 14.1. The second-order valence-electron chi connectivity index (χ2n) is 4.34. The topological polar surface area (TPSA) is 55.4 Å². The summed E-state index contributed by atoms with van der Waals surface area (Å²) in [4.78, 5) is 24.2. The Morgan fingerprint density at radius 3 is 2.64 bits per heavy atom. The van der Waals surface area contributed by atoms with E-state index >= 15 is 0 Å². The molecule has 1 N–H and O–H groups in total. The first-order chi connectivity index (χ1) is 10.5. The van der Waals surface area contributed by atoms with Gasteiger partial charge in [-0.05, 0) is 37.3 Å². The highest BCUT2D eigenvalue weighted by molar-refractivity contribution is 9.10. The van der Waals surface area contributed by atoms with Crippen LogP contribution in [0, 0.1) is 0 Å². The Labute approximate surface area is 141 Å². The molecule has 2 rings (SSSR count). The molecule has 0 atom stereocenters. The van der Waals surface area contributed by atoms with Gasteiger partial charge >= 0.3 is 5.97 Å². The zero-order valence-electron chi connectivity index (χ0n) is 11.7. The minimum Gasteiger partial charge on any atom is -0.462 e. The number of carbonyl (C=O) groups excluding carboxylic acids is 2. The van der Waals surface area contributed by atoms with Crippen molar-refractivity contribution in [1.29, 1.82) is 0 Å². The van der Waals surface area contributed by atoms with Crippen LogP contribution in [0.15, 0.2) is 46.9 Å². The second kappa shape index (κ2) is 7.42. The smallest absolute Gasteiger partial charge is 0.340 e. The van der Waals surface area contributed by atoms with E-state index in [-0.39, 0.29) is 6.61 Å². The number of nitrogens with one attached hydrogen (secondary N) is 1. The van der Waals surface area contributed by atoms with Crippen molar-refractivity contribution in [3.8, 4) is 0 Å². The monoisotopic (exact) mass is 381 g/mol. The summed E-state index contributed by atoms with van der Waals surface area (Å²) in [6.07, 6.45) is 0. The molecule has 0 saturated carbocycles. The summed E-state index contributed by atoms with van der Waals surface area (Å²) >= 11 is 9.33. The van der Waals surface area contributed by atoms with Crippen molar-refractivity contribution in [1.82, 2.24) is 0 Å². The molecular formula is C16H13BrClNO3. The highest BCUT2D eigenvalue weighted by Crippen LogP contribution is 2.23. The zero-order chi connectivity index (χ0) is 16.1. The number of ether oxygens (including phenoxy) is 1. The van der Waals surface area contributed by atoms with E-state index in [0.717, 1.165) is 4.47 Å². The Kier molecular flexibility index (Phi) is 5.57. The molecule has 0 aliphatic carbocycles. The number of para-hydroxylation sites is 1. The molecule has 0 bridgehead atoms. The molecule has 22 heavy (non-hydrogen) atoms. The van der Waals surface area contributed by atoms with Gasteiger partial charge in [-0.1, -0.05) is 39.7 Å². The number of anilines is 1. The maximum Gasteiger partial charge on any atom is 0.340 e. The molecule has 1 amide bonds. The van der Waals surface area contributed by atoms with Gasteiger partial charge in [-0.25, -0.2) is 4.79 Å². The van der Waals surface area contributed by atoms with Crippen LogP contribution in [0.1, 0.15) is 27.6 Å². The van der Waals surface area contributed by atoms with Crippen LogP contribution in [-0.4, -0.2) is 18.5 Å². The summed E-state index contributed by atoms with van der Waals surface area (Å²) in [5, 5.41) is 3.02. The molecule has 4 nitrogen and oxygen atoms in total. The van der Waals surface area contributed by atoms with Crippen LogP contribution in [0.4, 0.5) is 5.69 Å². The van der Waals surface area contributed by atoms with Gasteiger partial charge in [0.25, 0.3) is 5.91 Å². The molecule has 0 aliphatic rings. The van der Waals surface area contributed by atoms with Crippen molar-refractivity contribution in [2.45, 2.75) is 6.92 Å². The molecule has 0 radical (unpaired) electrons. The number of halogens is 2. The maximum absolute atomic E-state index is 12.4. The van der Waals surface area contributed by atoms with E-state index < -0.39 is 11.9 Å². The first-order valence-electron chi connectivity index (χ1n) is 6.55. The van der Waals surface area contributed by atoms with E-state index in [4.69, 9.17) is 16.3 Å². The van der Waals surface area contributed by atoms with E-state index in [9.17, 15) is 9.59 Å². The van der Waals surface area contributed by atoms with Crippen LogP contribution in [0.2, 0.25) is 5.02 Å². The van der Waals surface area contributed by atoms with Gasteiger partial charge in [0.2, 0.25) is 0 Å². The molecular weight excluding hydrogens is 370 g/mol. The molecule has 0 spiro atoms. The number of carbonyl (C=O) groups is 2. The summed E-state index contributed by atoms with van der Waals surface area (Å²) in [6, 6.07) is 11.6. The lowest BCUT2D eigenvalue weighted by Crippen LogP contribution is -2.16. The fourth-order valence-electron chi connectivity index (χ4n) is 1.84. The summed E-state index contributed by atoms with van der Waals surface area (Å²) in [7, 11) is 0. The van der Waals surface area contributed by atoms with Gasteiger partial charge in [-0.15, -0.1) is 0 Å². The van der Waals surface area contributed by atoms with Crippen molar-refractivity contribution >= 4 is 45.1 Å². The summed E-state index contributed by atoms with van der Waals surface area (Å²) in [5.41, 5.74) is 0.987. The molecule has 0 saturated heterocycles.